The van der Waals surface area contributed by atoms with E-state index in [1.54, 1.807) is 6.33 Å². The predicted molar refractivity (Wildman–Crippen MR) is 247 cm³/mol. The number of aryl methyl sites for hydroxylation is 1. The Kier molecular flexibility index (Phi) is 9.07. The Bertz CT molecular complexity index is 3400. The molecule has 0 saturated heterocycles. The van der Waals surface area contributed by atoms with Crippen molar-refractivity contribution in [1.29, 1.82) is 0 Å². The van der Waals surface area contributed by atoms with Crippen LogP contribution < -0.4 is 4.90 Å². The molecule has 61 heavy (non-hydrogen) atoms. The summed E-state index contributed by atoms with van der Waals surface area (Å²) in [6, 6.07) is 75.8. The molecule has 0 aliphatic rings. The molecule has 0 fully saturated rings. The standard InChI is InChI=1S/C55H38N5.Pt/c1-57-38-58(52-30-14-13-29-51(52)57)43-23-15-24-44(36-43)59(42-21-9-4-10-22-42)45-31-32-49-48-25-11-12-28-50(48)60(53(49)37-45)54-35-41(33-34-56-54)55-46(39-17-5-2-6-18-39)26-16-27-47(55)40-19-7-3-8-20-40;/h2-35,38H,1H3;/q-1;/i1D3;. The first-order valence-corrected chi connectivity index (χ1v) is 20.0. The number of nitrogens with zero attached hydrogens (tertiary/aromatic N) is 5. The van der Waals surface area contributed by atoms with Gasteiger partial charge in [0.05, 0.1) is 0 Å². The molecule has 0 aliphatic carbocycles. The van der Waals surface area contributed by atoms with Crippen LogP contribution in [0.25, 0.3) is 77.7 Å². The Morgan fingerprint density at radius 1 is 0.541 bits per heavy atom. The van der Waals surface area contributed by atoms with Crippen LogP contribution in [-0.2, 0) is 28.0 Å². The summed E-state index contributed by atoms with van der Waals surface area (Å²) < 4.78 is 30.2. The van der Waals surface area contributed by atoms with E-state index in [1.165, 1.54) is 4.57 Å². The number of imidazole rings is 1. The van der Waals surface area contributed by atoms with E-state index in [0.717, 1.165) is 83.6 Å². The van der Waals surface area contributed by atoms with Crippen LogP contribution in [0.3, 0.4) is 0 Å². The average molecular weight is 967 g/mol. The Morgan fingerprint density at radius 2 is 1.16 bits per heavy atom. The molecule has 5 nitrogen and oxygen atoms in total. The zero-order valence-corrected chi connectivity index (χ0v) is 35.0. The van der Waals surface area contributed by atoms with E-state index < -0.39 is 6.98 Å². The second-order valence-electron chi connectivity index (χ2n) is 14.8. The fourth-order valence-corrected chi connectivity index (χ4v) is 8.53. The number of para-hydroxylation sites is 4. The molecule has 8 aromatic carbocycles. The number of aromatic nitrogens is 4. The largest absolute Gasteiger partial charge is 0.358 e. The fraction of sp³-hybridized carbons (Fsp3) is 0.0182. The molecule has 0 saturated carbocycles. The van der Waals surface area contributed by atoms with Crippen LogP contribution in [0.5, 0.6) is 0 Å². The van der Waals surface area contributed by atoms with Gasteiger partial charge in [0.1, 0.15) is 5.82 Å². The number of hydrogen-bond acceptors (Lipinski definition) is 2. The summed E-state index contributed by atoms with van der Waals surface area (Å²) in [4.78, 5) is 7.21. The van der Waals surface area contributed by atoms with Gasteiger partial charge in [0.15, 0.2) is 17.4 Å². The normalized spacial score (nSPS) is 12.2. The van der Waals surface area contributed by atoms with Crippen molar-refractivity contribution in [2.24, 2.45) is 6.98 Å². The third kappa shape index (κ3) is 6.74. The predicted octanol–water partition coefficient (Wildman–Crippen LogP) is 13.8. The fourth-order valence-electron chi connectivity index (χ4n) is 8.53. The molecule has 0 spiro atoms. The first-order chi connectivity index (χ1) is 30.9. The zero-order chi connectivity index (χ0) is 42.5. The van der Waals surface area contributed by atoms with Gasteiger partial charge in [0.2, 0.25) is 0 Å². The van der Waals surface area contributed by atoms with Crippen molar-refractivity contribution in [3.63, 3.8) is 0 Å². The van der Waals surface area contributed by atoms with E-state index in [0.29, 0.717) is 11.2 Å². The van der Waals surface area contributed by atoms with Crippen LogP contribution >= 0.6 is 0 Å². The van der Waals surface area contributed by atoms with E-state index in [9.17, 15) is 0 Å². The minimum atomic E-state index is -2.36. The first-order valence-electron chi connectivity index (χ1n) is 21.5. The molecule has 0 N–H and O–H groups in total. The summed E-state index contributed by atoms with van der Waals surface area (Å²) in [6.45, 7) is -2.36. The van der Waals surface area contributed by atoms with Gasteiger partial charge in [-0.1, -0.05) is 138 Å². The Hall–Kier alpha value is -7.33. The number of anilines is 3. The van der Waals surface area contributed by atoms with Crippen LogP contribution in [0.2, 0.25) is 0 Å². The van der Waals surface area contributed by atoms with Gasteiger partial charge < -0.3 is 9.47 Å². The van der Waals surface area contributed by atoms with Crippen molar-refractivity contribution in [3.05, 3.63) is 225 Å². The van der Waals surface area contributed by atoms with E-state index in [-0.39, 0.29) is 21.1 Å². The molecule has 0 unspecified atom stereocenters. The molecule has 6 heteroatoms. The maximum Gasteiger partial charge on any atom is 0.188 e. The first kappa shape index (κ1) is 34.5. The molecule has 0 radical (unpaired) electrons. The summed E-state index contributed by atoms with van der Waals surface area (Å²) in [5.74, 6) is 0.774. The SMILES string of the molecule is [2H]C([2H])([2H])n1[cH+]n(-c2[c-]c(N(c3[c-]c4c(cc3)c3ccccc3n4-c3cc(-c4c(-c5ccccc5)cccc4-c4ccccc4)ccn3)c3ccccc3)ccc2)c2ccccc21.[Pt]. The zero-order valence-electron chi connectivity index (χ0n) is 35.8. The van der Waals surface area contributed by atoms with Crippen molar-refractivity contribution in [2.45, 2.75) is 0 Å². The van der Waals surface area contributed by atoms with Gasteiger partial charge in [-0.05, 0) is 81.2 Å². The van der Waals surface area contributed by atoms with Crippen molar-refractivity contribution >= 4 is 49.9 Å². The molecule has 0 aliphatic heterocycles. The number of rotatable bonds is 8. The van der Waals surface area contributed by atoms with E-state index in [2.05, 4.69) is 161 Å². The molecule has 3 aromatic heterocycles. The Balaban J connectivity index is 0.00000484. The molecule has 3 heterocycles. The molecule has 11 aromatic rings. The summed E-state index contributed by atoms with van der Waals surface area (Å²) in [7, 11) is 0. The molecule has 11 rings (SSSR count). The third-order valence-electron chi connectivity index (χ3n) is 11.2. The topological polar surface area (TPSA) is 30.9 Å². The Labute approximate surface area is 373 Å². The van der Waals surface area contributed by atoms with Crippen molar-refractivity contribution in [3.8, 4) is 44.9 Å². The Morgan fingerprint density at radius 3 is 1.89 bits per heavy atom. The van der Waals surface area contributed by atoms with Gasteiger partial charge in [0, 0.05) is 67.4 Å². The second-order valence-corrected chi connectivity index (χ2v) is 14.8. The van der Waals surface area contributed by atoms with Gasteiger partial charge >= 0.3 is 0 Å². The molecular formula is C55H38N5Pt-. The van der Waals surface area contributed by atoms with Crippen LogP contribution in [0, 0.1) is 12.1 Å². The summed E-state index contributed by atoms with van der Waals surface area (Å²) in [5.41, 5.74) is 13.2. The van der Waals surface area contributed by atoms with Gasteiger partial charge in [-0.2, -0.15) is 12.1 Å². The maximum atomic E-state index is 8.25. The van der Waals surface area contributed by atoms with Gasteiger partial charge in [-0.25, -0.2) is 14.1 Å². The number of fused-ring (bicyclic) bond motifs is 4. The maximum absolute atomic E-state index is 8.25. The van der Waals surface area contributed by atoms with Crippen molar-refractivity contribution in [1.82, 2.24) is 18.7 Å². The van der Waals surface area contributed by atoms with Gasteiger partial charge in [-0.3, -0.25) is 0 Å². The van der Waals surface area contributed by atoms with Crippen LogP contribution in [-0.4, -0.2) is 18.7 Å². The third-order valence-corrected chi connectivity index (χ3v) is 11.2. The minimum absolute atomic E-state index is 0. The van der Waals surface area contributed by atoms with Gasteiger partial charge in [0.25, 0.3) is 0 Å². The summed E-state index contributed by atoms with van der Waals surface area (Å²) >= 11 is 0. The monoisotopic (exact) mass is 966 g/mol. The van der Waals surface area contributed by atoms with E-state index >= 15 is 0 Å². The van der Waals surface area contributed by atoms with Crippen LogP contribution in [0.4, 0.5) is 17.1 Å². The van der Waals surface area contributed by atoms with Gasteiger partial charge in [-0.15, -0.1) is 29.7 Å². The molecule has 0 bridgehead atoms. The smallest absolute Gasteiger partial charge is 0.188 e. The molecule has 0 atom stereocenters. The van der Waals surface area contributed by atoms with Crippen LogP contribution in [0.1, 0.15) is 4.11 Å². The van der Waals surface area contributed by atoms with Crippen molar-refractivity contribution < 1.29 is 25.2 Å². The molecule has 0 amide bonds. The number of pyridine rings is 1. The van der Waals surface area contributed by atoms with Crippen molar-refractivity contribution in [2.75, 3.05) is 4.90 Å². The number of hydrogen-bond donors (Lipinski definition) is 0. The quantitative estimate of drug-likeness (QED) is 0.142. The van der Waals surface area contributed by atoms with E-state index in [1.807, 2.05) is 71.4 Å². The minimum Gasteiger partial charge on any atom is -0.358 e. The number of benzene rings is 8. The average Bonchev–Trinajstić information content (AvgIpc) is 3.89. The van der Waals surface area contributed by atoms with E-state index in [4.69, 9.17) is 9.10 Å². The molecular weight excluding hydrogens is 926 g/mol. The second kappa shape index (κ2) is 16.0. The molecule has 294 valence electrons. The van der Waals surface area contributed by atoms with Crippen LogP contribution in [0.15, 0.2) is 213 Å². The summed E-state index contributed by atoms with van der Waals surface area (Å²) in [6.07, 6.45) is 3.54. The summed E-state index contributed by atoms with van der Waals surface area (Å²) in [5, 5.41) is 2.15.